The van der Waals surface area contributed by atoms with Crippen molar-refractivity contribution in [1.29, 1.82) is 0 Å². The Kier molecular flexibility index (Phi) is 12.7. The molecule has 6 heteroatoms. The Bertz CT molecular complexity index is 3260. The second kappa shape index (κ2) is 17.8. The molecule has 0 saturated heterocycles. The van der Waals surface area contributed by atoms with Gasteiger partial charge in [-0.15, -0.1) is 35.2 Å². The number of aromatic nitrogens is 4. The summed E-state index contributed by atoms with van der Waals surface area (Å²) in [6.07, 6.45) is 7.87. The maximum absolute atomic E-state index is 7.01. The van der Waals surface area contributed by atoms with E-state index in [0.29, 0.717) is 11.5 Å². The van der Waals surface area contributed by atoms with Crippen LogP contribution in [-0.4, -0.2) is 14.1 Å². The van der Waals surface area contributed by atoms with Gasteiger partial charge in [0.05, 0.1) is 11.4 Å². The minimum Gasteiger partial charge on any atom is -0.510 e. The molecule has 5 nitrogen and oxygen atoms in total. The quantitative estimate of drug-likeness (QED) is 0.107. The molecule has 9 aromatic rings. The second-order valence-electron chi connectivity index (χ2n) is 22.4. The number of ether oxygens (including phenoxy) is 1. The van der Waals surface area contributed by atoms with Crippen LogP contribution in [0.25, 0.3) is 39.0 Å². The third kappa shape index (κ3) is 9.27. The molecular formula is C62H64N4OPt-2. The summed E-state index contributed by atoms with van der Waals surface area (Å²) in [5, 5.41) is 2.22. The first-order valence-corrected chi connectivity index (χ1v) is 23.6. The van der Waals surface area contributed by atoms with Crippen molar-refractivity contribution in [2.75, 3.05) is 0 Å². The van der Waals surface area contributed by atoms with Crippen molar-refractivity contribution in [2.45, 2.75) is 117 Å². The minimum absolute atomic E-state index is 0. The summed E-state index contributed by atoms with van der Waals surface area (Å²) in [5.41, 5.74) is 11.4. The number of fused-ring (bicyclic) bond motifs is 3. The van der Waals surface area contributed by atoms with Crippen LogP contribution in [0.4, 0.5) is 0 Å². The van der Waals surface area contributed by atoms with Gasteiger partial charge in [0.1, 0.15) is 5.82 Å². The number of hydrogen-bond donors (Lipinski definition) is 0. The summed E-state index contributed by atoms with van der Waals surface area (Å²) in [6.45, 7) is 29.4. The van der Waals surface area contributed by atoms with Crippen LogP contribution in [-0.2, 0) is 48.1 Å². The molecule has 68 heavy (non-hydrogen) atoms. The molecule has 0 aliphatic carbocycles. The first kappa shape index (κ1) is 48.4. The molecule has 0 aliphatic rings. The molecule has 0 unspecified atom stereocenters. The van der Waals surface area contributed by atoms with Crippen LogP contribution in [0.15, 0.2) is 152 Å². The fraction of sp³-hybridized carbons (Fsp3) is 0.290. The van der Waals surface area contributed by atoms with E-state index in [1.807, 2.05) is 12.3 Å². The van der Waals surface area contributed by atoms with E-state index in [1.165, 1.54) is 27.8 Å². The molecule has 0 radical (unpaired) electrons. The van der Waals surface area contributed by atoms with E-state index in [2.05, 4.69) is 262 Å². The first-order valence-electron chi connectivity index (χ1n) is 23.6. The van der Waals surface area contributed by atoms with Crippen molar-refractivity contribution in [1.82, 2.24) is 14.1 Å². The van der Waals surface area contributed by atoms with Crippen LogP contribution in [0.2, 0.25) is 0 Å². The monoisotopic (exact) mass is 1080 g/mol. The van der Waals surface area contributed by atoms with Crippen LogP contribution in [0, 0.1) is 18.5 Å². The zero-order chi connectivity index (χ0) is 47.7. The first-order chi connectivity index (χ1) is 31.6. The Morgan fingerprint density at radius 1 is 0.500 bits per heavy atom. The van der Waals surface area contributed by atoms with Gasteiger partial charge in [0, 0.05) is 55.9 Å². The van der Waals surface area contributed by atoms with Crippen LogP contribution >= 0.6 is 0 Å². The molecule has 0 atom stereocenters. The van der Waals surface area contributed by atoms with Crippen LogP contribution in [0.3, 0.4) is 0 Å². The number of benzene rings is 6. The van der Waals surface area contributed by atoms with Gasteiger partial charge in [0.2, 0.25) is 0 Å². The van der Waals surface area contributed by atoms with Gasteiger partial charge in [0.25, 0.3) is 6.33 Å². The third-order valence-electron chi connectivity index (χ3n) is 13.7. The minimum atomic E-state index is -0.371. The van der Waals surface area contributed by atoms with Crippen molar-refractivity contribution < 1.29 is 30.4 Å². The molecule has 0 fully saturated rings. The molecular weight excluding hydrogens is 1010 g/mol. The molecule has 9 rings (SSSR count). The largest absolute Gasteiger partial charge is 0.510 e. The van der Waals surface area contributed by atoms with Gasteiger partial charge in [-0.1, -0.05) is 180 Å². The number of nitrogens with zero attached hydrogens (tertiary/aromatic N) is 4. The standard InChI is InChI=1S/C62H64N4O.Pt/c1-58(2,3)44-25-20-26-48(33-44)64-40-56(60(7,8)9)65(41-64)49-34-47(62(12,13)43-23-18-15-19-24-43)35-51(38-49)67-50-28-29-52-53-36-46(61(10,11)42-21-16-14-17-22-42)27-30-54(53)66(55(52)39-50)57-37-45(31-32-63-57)59(4,5)6;/h14-37,40H,1-13H3;/q-2;. The van der Waals surface area contributed by atoms with E-state index >= 15 is 0 Å². The summed E-state index contributed by atoms with van der Waals surface area (Å²) >= 11 is 0. The van der Waals surface area contributed by atoms with Crippen LogP contribution in [0.1, 0.15) is 129 Å². The Morgan fingerprint density at radius 2 is 1.12 bits per heavy atom. The Hall–Kier alpha value is -6.03. The van der Waals surface area contributed by atoms with Gasteiger partial charge in [0.15, 0.2) is 0 Å². The Balaban J connectivity index is 0.00000625. The fourth-order valence-electron chi connectivity index (χ4n) is 9.18. The van der Waals surface area contributed by atoms with E-state index in [-0.39, 0.29) is 48.1 Å². The molecule has 3 aromatic heterocycles. The average molecular weight is 1080 g/mol. The SMILES string of the molecule is CC(C)(C)c1cccc(-[n+]2[c-]n(-c3[c-]c(Oc4[c-]c5c(cc4)c4cc(C(C)(C)c6ccccc6)ccc4n5-c4cc(C(C)(C)C)ccn4)cc(C(C)(C)c4ccccc4)c3)c(C(C)(C)C)c2)c1.[Pt]. The number of hydrogen-bond acceptors (Lipinski definition) is 2. The number of imidazole rings is 1. The van der Waals surface area contributed by atoms with E-state index in [1.54, 1.807) is 0 Å². The van der Waals surface area contributed by atoms with Gasteiger partial charge in [-0.2, -0.15) is 12.1 Å². The Labute approximate surface area is 419 Å². The predicted octanol–water partition coefficient (Wildman–Crippen LogP) is 15.0. The van der Waals surface area contributed by atoms with Gasteiger partial charge in [-0.05, 0) is 90.9 Å². The molecule has 350 valence electrons. The topological polar surface area (TPSA) is 35.9 Å². The molecule has 0 saturated carbocycles. The zero-order valence-corrected chi connectivity index (χ0v) is 44.2. The van der Waals surface area contributed by atoms with Gasteiger partial charge < -0.3 is 13.9 Å². The number of rotatable bonds is 9. The maximum atomic E-state index is 7.01. The molecule has 0 amide bonds. The predicted molar refractivity (Wildman–Crippen MR) is 276 cm³/mol. The van der Waals surface area contributed by atoms with Gasteiger partial charge >= 0.3 is 0 Å². The van der Waals surface area contributed by atoms with Crippen molar-refractivity contribution in [2.24, 2.45) is 0 Å². The molecule has 0 spiro atoms. The summed E-state index contributed by atoms with van der Waals surface area (Å²) in [7, 11) is 0. The van der Waals surface area contributed by atoms with Crippen LogP contribution in [0.5, 0.6) is 11.5 Å². The van der Waals surface area contributed by atoms with E-state index < -0.39 is 0 Å². The molecule has 0 N–H and O–H groups in total. The molecule has 0 bridgehead atoms. The summed E-state index contributed by atoms with van der Waals surface area (Å²) in [5.74, 6) is 2.03. The number of pyridine rings is 1. The zero-order valence-electron chi connectivity index (χ0n) is 41.9. The van der Waals surface area contributed by atoms with Crippen molar-refractivity contribution in [3.05, 3.63) is 209 Å². The molecule has 3 heterocycles. The maximum Gasteiger partial charge on any atom is 0.267 e. The van der Waals surface area contributed by atoms with Gasteiger partial charge in [-0.25, -0.2) is 4.98 Å². The summed E-state index contributed by atoms with van der Waals surface area (Å²) in [6, 6.07) is 57.5. The fourth-order valence-corrected chi connectivity index (χ4v) is 9.18. The third-order valence-corrected chi connectivity index (χ3v) is 13.7. The Morgan fingerprint density at radius 3 is 1.75 bits per heavy atom. The van der Waals surface area contributed by atoms with Crippen molar-refractivity contribution in [3.63, 3.8) is 0 Å². The molecule has 6 aromatic carbocycles. The molecule has 0 aliphatic heterocycles. The normalized spacial score (nSPS) is 12.7. The van der Waals surface area contributed by atoms with Crippen molar-refractivity contribution >= 4 is 21.8 Å². The van der Waals surface area contributed by atoms with E-state index in [4.69, 9.17) is 9.72 Å². The van der Waals surface area contributed by atoms with Crippen molar-refractivity contribution in [3.8, 4) is 28.7 Å². The summed E-state index contributed by atoms with van der Waals surface area (Å²) in [4.78, 5) is 5.00. The smallest absolute Gasteiger partial charge is 0.267 e. The van der Waals surface area contributed by atoms with E-state index in [0.717, 1.165) is 50.3 Å². The summed E-state index contributed by atoms with van der Waals surface area (Å²) < 4.78 is 13.5. The average Bonchev–Trinajstić information content (AvgIpc) is 3.90. The second-order valence-corrected chi connectivity index (χ2v) is 22.4. The van der Waals surface area contributed by atoms with Gasteiger partial charge in [-0.3, -0.25) is 4.57 Å². The van der Waals surface area contributed by atoms with Crippen LogP contribution < -0.4 is 9.30 Å². The van der Waals surface area contributed by atoms with E-state index in [9.17, 15) is 0 Å².